The molecule has 2 aromatic heterocycles. The van der Waals surface area contributed by atoms with Crippen LogP contribution in [-0.2, 0) is 12.8 Å². The summed E-state index contributed by atoms with van der Waals surface area (Å²) in [6, 6.07) is 0. The van der Waals surface area contributed by atoms with Crippen molar-refractivity contribution in [3.8, 4) is 0 Å². The molecule has 2 heterocycles. The average molecular weight is 372 g/mol. The van der Waals surface area contributed by atoms with E-state index in [-0.39, 0.29) is 18.8 Å². The number of hydrogen-bond donors (Lipinski definition) is 4. The van der Waals surface area contributed by atoms with Gasteiger partial charge in [0.25, 0.3) is 0 Å². The molecule has 144 valence electrons. The van der Waals surface area contributed by atoms with Gasteiger partial charge in [0.1, 0.15) is 0 Å². The number of nitrogens with zero attached hydrogens (tertiary/aromatic N) is 2. The Hall–Kier alpha value is -2.64. The van der Waals surface area contributed by atoms with E-state index in [1.165, 1.54) is 0 Å². The average Bonchev–Trinajstić information content (AvgIpc) is 3.14. The van der Waals surface area contributed by atoms with Gasteiger partial charge >= 0.3 is 11.9 Å². The molecule has 2 saturated carbocycles. The first-order valence-corrected chi connectivity index (χ1v) is 9.01. The van der Waals surface area contributed by atoms with Gasteiger partial charge in [-0.25, -0.2) is 9.59 Å². The third-order valence-electron chi connectivity index (χ3n) is 6.87. The second kappa shape index (κ2) is 5.68. The highest BCUT2D eigenvalue weighted by Crippen LogP contribution is 2.61. The third kappa shape index (κ3) is 2.35. The van der Waals surface area contributed by atoms with Gasteiger partial charge in [-0.2, -0.15) is 10.2 Å². The van der Waals surface area contributed by atoms with Crippen molar-refractivity contribution < 1.29 is 19.8 Å². The van der Waals surface area contributed by atoms with E-state index in [1.807, 2.05) is 0 Å². The van der Waals surface area contributed by atoms with E-state index in [0.717, 1.165) is 47.2 Å². The predicted molar refractivity (Wildman–Crippen MR) is 96.0 cm³/mol. The Labute approximate surface area is 156 Å². The van der Waals surface area contributed by atoms with Crippen LogP contribution in [0.15, 0.2) is 0 Å². The second-order valence-electron chi connectivity index (χ2n) is 8.04. The molecule has 6 atom stereocenters. The summed E-state index contributed by atoms with van der Waals surface area (Å²) in [5.74, 6) is 2.11. The zero-order chi connectivity index (χ0) is 18.3. The Balaban J connectivity index is 0.000000129. The maximum Gasteiger partial charge on any atom is 0.356 e. The predicted octanol–water partition coefficient (Wildman–Crippen LogP) is 2.66. The van der Waals surface area contributed by atoms with Crippen LogP contribution in [0.3, 0.4) is 0 Å². The largest absolute Gasteiger partial charge is 0.476 e. The van der Waals surface area contributed by atoms with Crippen LogP contribution < -0.4 is 0 Å². The van der Waals surface area contributed by atoms with Gasteiger partial charge in [0.2, 0.25) is 0 Å². The minimum Gasteiger partial charge on any atom is -0.476 e. The third-order valence-corrected chi connectivity index (χ3v) is 6.87. The molecule has 27 heavy (non-hydrogen) atoms. The zero-order valence-corrected chi connectivity index (χ0v) is 14.5. The summed E-state index contributed by atoms with van der Waals surface area (Å²) in [6.07, 6.45) is 1.80. The number of carboxylic acids is 2. The van der Waals surface area contributed by atoms with E-state index in [0.29, 0.717) is 23.7 Å². The molecular formula is C19H24N4O4. The lowest BCUT2D eigenvalue weighted by atomic mass is 10.1. The van der Waals surface area contributed by atoms with Crippen molar-refractivity contribution in [2.24, 2.45) is 23.7 Å². The molecule has 2 aromatic rings. The normalized spacial score (nSPS) is 32.8. The van der Waals surface area contributed by atoms with Crippen LogP contribution in [0.1, 0.15) is 76.6 Å². The number of H-pyrrole nitrogens is 2. The Morgan fingerprint density at radius 1 is 0.852 bits per heavy atom. The lowest BCUT2D eigenvalue weighted by Gasteiger charge is -1.96. The number of aromatic carboxylic acids is 2. The lowest BCUT2D eigenvalue weighted by molar-refractivity contribution is 0.0678. The van der Waals surface area contributed by atoms with Crippen LogP contribution in [0, 0.1) is 23.7 Å². The molecule has 4 aliphatic carbocycles. The van der Waals surface area contributed by atoms with Crippen LogP contribution in [0.5, 0.6) is 0 Å². The molecule has 4 aliphatic rings. The quantitative estimate of drug-likeness (QED) is 0.641. The SMILES string of the molecule is C.C[C@@H]1[C@H]2Cc3c(C(=O)O)n[nH]c3[C@@H]12.C[C@H]1[C@H]2Cc3c(C(=O)O)n[nH]c3[C@@H]12. The number of rotatable bonds is 2. The Kier molecular flexibility index (Phi) is 3.73. The van der Waals surface area contributed by atoms with Crippen LogP contribution in [0.25, 0.3) is 0 Å². The molecule has 8 nitrogen and oxygen atoms in total. The summed E-state index contributed by atoms with van der Waals surface area (Å²) in [7, 11) is 0. The first kappa shape index (κ1) is 17.8. The fourth-order valence-corrected chi connectivity index (χ4v) is 5.22. The summed E-state index contributed by atoms with van der Waals surface area (Å²) in [4.78, 5) is 21.5. The van der Waals surface area contributed by atoms with Crippen molar-refractivity contribution >= 4 is 11.9 Å². The molecule has 8 heteroatoms. The van der Waals surface area contributed by atoms with E-state index < -0.39 is 11.9 Å². The van der Waals surface area contributed by atoms with Crippen LogP contribution >= 0.6 is 0 Å². The smallest absolute Gasteiger partial charge is 0.356 e. The van der Waals surface area contributed by atoms with Crippen molar-refractivity contribution in [1.82, 2.24) is 20.4 Å². The fraction of sp³-hybridized carbons (Fsp3) is 0.579. The molecule has 0 aromatic carbocycles. The summed E-state index contributed by atoms with van der Waals surface area (Å²) >= 11 is 0. The van der Waals surface area contributed by atoms with E-state index in [4.69, 9.17) is 10.2 Å². The number of nitrogens with one attached hydrogen (secondary N) is 2. The summed E-state index contributed by atoms with van der Waals surface area (Å²) in [5.41, 5.74) is 4.51. The van der Waals surface area contributed by atoms with Crippen molar-refractivity contribution in [1.29, 1.82) is 0 Å². The van der Waals surface area contributed by atoms with Crippen molar-refractivity contribution in [2.75, 3.05) is 0 Å². The van der Waals surface area contributed by atoms with Gasteiger partial charge < -0.3 is 10.2 Å². The minimum absolute atomic E-state index is 0. The monoisotopic (exact) mass is 372 g/mol. The van der Waals surface area contributed by atoms with E-state index >= 15 is 0 Å². The second-order valence-corrected chi connectivity index (χ2v) is 8.04. The first-order chi connectivity index (χ1) is 12.4. The minimum atomic E-state index is -0.911. The number of carbonyl (C=O) groups is 2. The van der Waals surface area contributed by atoms with Crippen LogP contribution in [0.4, 0.5) is 0 Å². The van der Waals surface area contributed by atoms with Crippen molar-refractivity contribution in [3.05, 3.63) is 33.9 Å². The van der Waals surface area contributed by atoms with Crippen LogP contribution in [-0.4, -0.2) is 42.5 Å². The molecule has 0 saturated heterocycles. The number of carboxylic acid groups (broad SMARTS) is 2. The van der Waals surface area contributed by atoms with E-state index in [1.54, 1.807) is 0 Å². The molecule has 0 bridgehead atoms. The number of hydrogen-bond acceptors (Lipinski definition) is 4. The molecule has 0 aliphatic heterocycles. The topological polar surface area (TPSA) is 132 Å². The first-order valence-electron chi connectivity index (χ1n) is 9.01. The Morgan fingerprint density at radius 3 is 1.56 bits per heavy atom. The molecule has 0 radical (unpaired) electrons. The molecule has 4 N–H and O–H groups in total. The molecule has 0 unspecified atom stereocenters. The number of aromatic amines is 2. The van der Waals surface area contributed by atoms with Gasteiger partial charge in [-0.3, -0.25) is 10.2 Å². The van der Waals surface area contributed by atoms with Gasteiger partial charge in [-0.05, 0) is 36.5 Å². The fourth-order valence-electron chi connectivity index (χ4n) is 5.22. The highest BCUT2D eigenvalue weighted by molar-refractivity contribution is 5.88. The van der Waals surface area contributed by atoms with Gasteiger partial charge in [0.15, 0.2) is 11.4 Å². The van der Waals surface area contributed by atoms with E-state index in [9.17, 15) is 9.59 Å². The molecular weight excluding hydrogens is 348 g/mol. The summed E-state index contributed by atoms with van der Waals surface area (Å²) < 4.78 is 0. The molecule has 6 rings (SSSR count). The van der Waals surface area contributed by atoms with Gasteiger partial charge in [-0.1, -0.05) is 21.3 Å². The lowest BCUT2D eigenvalue weighted by Crippen LogP contribution is -2.02. The Morgan fingerprint density at radius 2 is 1.22 bits per heavy atom. The van der Waals surface area contributed by atoms with Gasteiger partial charge in [0, 0.05) is 34.4 Å². The van der Waals surface area contributed by atoms with Gasteiger partial charge in [-0.15, -0.1) is 0 Å². The molecule has 0 spiro atoms. The zero-order valence-electron chi connectivity index (χ0n) is 14.5. The van der Waals surface area contributed by atoms with Crippen molar-refractivity contribution in [2.45, 2.75) is 46.0 Å². The summed E-state index contributed by atoms with van der Waals surface area (Å²) in [5, 5.41) is 31.0. The molecule has 2 fully saturated rings. The number of aromatic nitrogens is 4. The standard InChI is InChI=1S/2C9H10N2O2.CH4/c2*1-3-4-2-5-7(6(3)4)10-11-8(5)9(12)13;/h2*3-4,6H,2H2,1H3,(H,10,11)(H,12,13);1H4/t3-,4+,6-;3-,4-,6+;/m01./s1. The summed E-state index contributed by atoms with van der Waals surface area (Å²) in [6.45, 7) is 4.42. The molecule has 0 amide bonds. The number of fused-ring (bicyclic) bond motifs is 6. The highest BCUT2D eigenvalue weighted by Gasteiger charge is 2.56. The van der Waals surface area contributed by atoms with Crippen LogP contribution in [0.2, 0.25) is 0 Å². The maximum absolute atomic E-state index is 10.7. The maximum atomic E-state index is 10.7. The van der Waals surface area contributed by atoms with E-state index in [2.05, 4.69) is 34.2 Å². The highest BCUT2D eigenvalue weighted by atomic mass is 16.4. The Bertz CT molecular complexity index is 869. The van der Waals surface area contributed by atoms with Crippen molar-refractivity contribution in [3.63, 3.8) is 0 Å². The van der Waals surface area contributed by atoms with Gasteiger partial charge in [0.05, 0.1) is 0 Å².